The molecule has 1 aliphatic rings. The number of hydrogen-bond acceptors (Lipinski definition) is 3. The molecule has 0 aliphatic carbocycles. The molecule has 1 unspecified atom stereocenters. The summed E-state index contributed by atoms with van der Waals surface area (Å²) in [4.78, 5) is 2.15. The first-order valence-corrected chi connectivity index (χ1v) is 4.05. The number of aliphatic hydroxyl groups is 2. The Morgan fingerprint density at radius 2 is 2.00 bits per heavy atom. The highest BCUT2D eigenvalue weighted by atomic mass is 16.3. The van der Waals surface area contributed by atoms with Crippen molar-refractivity contribution in [2.24, 2.45) is 5.41 Å². The Morgan fingerprint density at radius 1 is 1.45 bits per heavy atom. The summed E-state index contributed by atoms with van der Waals surface area (Å²) >= 11 is 0. The van der Waals surface area contributed by atoms with Crippen LogP contribution >= 0.6 is 0 Å². The summed E-state index contributed by atoms with van der Waals surface area (Å²) in [6.07, 6.45) is -0.564. The topological polar surface area (TPSA) is 43.7 Å². The lowest BCUT2D eigenvalue weighted by atomic mass is 9.84. The molecular weight excluding hydrogens is 142 g/mol. The highest BCUT2D eigenvalue weighted by Crippen LogP contribution is 2.28. The summed E-state index contributed by atoms with van der Waals surface area (Å²) in [7, 11) is 0. The first-order chi connectivity index (χ1) is 5.03. The summed E-state index contributed by atoms with van der Waals surface area (Å²) in [6.45, 7) is 6.95. The maximum absolute atomic E-state index is 9.07. The molecule has 11 heavy (non-hydrogen) atoms. The van der Waals surface area contributed by atoms with E-state index < -0.39 is 6.10 Å². The Kier molecular flexibility index (Phi) is 2.52. The average Bonchev–Trinajstić information content (AvgIpc) is 1.83. The quantitative estimate of drug-likeness (QED) is 0.593. The van der Waals surface area contributed by atoms with Crippen molar-refractivity contribution in [2.45, 2.75) is 20.0 Å². The van der Waals surface area contributed by atoms with Crippen molar-refractivity contribution in [2.75, 3.05) is 26.2 Å². The van der Waals surface area contributed by atoms with Crippen LogP contribution in [0.5, 0.6) is 0 Å². The van der Waals surface area contributed by atoms with Crippen molar-refractivity contribution in [1.29, 1.82) is 0 Å². The van der Waals surface area contributed by atoms with Crippen molar-refractivity contribution in [3.8, 4) is 0 Å². The molecule has 3 heteroatoms. The van der Waals surface area contributed by atoms with E-state index in [9.17, 15) is 0 Å². The molecule has 0 bridgehead atoms. The zero-order valence-corrected chi connectivity index (χ0v) is 7.25. The van der Waals surface area contributed by atoms with Gasteiger partial charge in [-0.2, -0.15) is 0 Å². The standard InChI is InChI=1S/C8H17NO2/c1-8(2)5-9(6-8)3-7(11)4-10/h7,10-11H,3-6H2,1-2H3. The number of likely N-dealkylation sites (tertiary alicyclic amines) is 1. The van der Waals surface area contributed by atoms with Gasteiger partial charge in [-0.3, -0.25) is 4.90 Å². The third kappa shape index (κ3) is 2.43. The second kappa shape index (κ2) is 3.09. The second-order valence-corrected chi connectivity index (χ2v) is 4.17. The van der Waals surface area contributed by atoms with Crippen molar-refractivity contribution < 1.29 is 10.2 Å². The van der Waals surface area contributed by atoms with E-state index in [-0.39, 0.29) is 6.61 Å². The lowest BCUT2D eigenvalue weighted by Gasteiger charge is -2.46. The lowest BCUT2D eigenvalue weighted by Crippen LogP contribution is -2.55. The summed E-state index contributed by atoms with van der Waals surface area (Å²) in [5.74, 6) is 0. The molecule has 0 spiro atoms. The number of rotatable bonds is 3. The Morgan fingerprint density at radius 3 is 2.36 bits per heavy atom. The third-order valence-corrected chi connectivity index (χ3v) is 1.98. The van der Waals surface area contributed by atoms with Crippen LogP contribution in [0.1, 0.15) is 13.8 Å². The van der Waals surface area contributed by atoms with Gasteiger partial charge in [0.15, 0.2) is 0 Å². The van der Waals surface area contributed by atoms with Gasteiger partial charge in [0.25, 0.3) is 0 Å². The Hall–Kier alpha value is -0.120. The molecule has 3 nitrogen and oxygen atoms in total. The molecule has 0 amide bonds. The summed E-state index contributed by atoms with van der Waals surface area (Å²) in [6, 6.07) is 0. The number of aliphatic hydroxyl groups excluding tert-OH is 2. The molecule has 0 aromatic rings. The van der Waals surface area contributed by atoms with Gasteiger partial charge in [-0.25, -0.2) is 0 Å². The molecule has 1 atom stereocenters. The van der Waals surface area contributed by atoms with Gasteiger partial charge in [-0.05, 0) is 5.41 Å². The molecule has 2 N–H and O–H groups in total. The minimum absolute atomic E-state index is 0.128. The van der Waals surface area contributed by atoms with Crippen molar-refractivity contribution in [1.82, 2.24) is 4.90 Å². The SMILES string of the molecule is CC1(C)CN(CC(O)CO)C1. The number of hydrogen-bond donors (Lipinski definition) is 2. The lowest BCUT2D eigenvalue weighted by molar-refractivity contribution is -0.0194. The second-order valence-electron chi connectivity index (χ2n) is 4.17. The van der Waals surface area contributed by atoms with Crippen LogP contribution in [0.4, 0.5) is 0 Å². The minimum atomic E-state index is -0.564. The molecule has 0 radical (unpaired) electrons. The fourth-order valence-corrected chi connectivity index (χ4v) is 1.65. The highest BCUT2D eigenvalue weighted by molar-refractivity contribution is 4.88. The van der Waals surface area contributed by atoms with Gasteiger partial charge in [-0.1, -0.05) is 13.8 Å². The van der Waals surface area contributed by atoms with E-state index in [0.717, 1.165) is 13.1 Å². The molecule has 1 aliphatic heterocycles. The summed E-state index contributed by atoms with van der Waals surface area (Å²) in [5.41, 5.74) is 0.412. The largest absolute Gasteiger partial charge is 0.394 e. The van der Waals surface area contributed by atoms with Gasteiger partial charge in [0.05, 0.1) is 12.7 Å². The zero-order valence-electron chi connectivity index (χ0n) is 7.25. The minimum Gasteiger partial charge on any atom is -0.394 e. The monoisotopic (exact) mass is 159 g/mol. The average molecular weight is 159 g/mol. The van der Waals surface area contributed by atoms with E-state index in [1.54, 1.807) is 0 Å². The molecule has 0 aromatic heterocycles. The number of nitrogens with zero attached hydrogens (tertiary/aromatic N) is 1. The molecule has 0 saturated carbocycles. The normalized spacial score (nSPS) is 26.2. The van der Waals surface area contributed by atoms with Crippen LogP contribution in [-0.2, 0) is 0 Å². The van der Waals surface area contributed by atoms with Crippen LogP contribution in [0.15, 0.2) is 0 Å². The Balaban J connectivity index is 2.13. The molecule has 1 rings (SSSR count). The fourth-order valence-electron chi connectivity index (χ4n) is 1.65. The van der Waals surface area contributed by atoms with E-state index >= 15 is 0 Å². The van der Waals surface area contributed by atoms with Crippen LogP contribution < -0.4 is 0 Å². The van der Waals surface area contributed by atoms with E-state index in [1.807, 2.05) is 0 Å². The number of β-amino-alcohol motifs (C(OH)–C–C–N with tert-alkyl or cyclic N) is 1. The maximum Gasteiger partial charge on any atom is 0.0897 e. The van der Waals surface area contributed by atoms with Gasteiger partial charge in [0.1, 0.15) is 0 Å². The zero-order chi connectivity index (χ0) is 8.48. The molecular formula is C8H17NO2. The smallest absolute Gasteiger partial charge is 0.0897 e. The fraction of sp³-hybridized carbons (Fsp3) is 1.00. The van der Waals surface area contributed by atoms with E-state index in [4.69, 9.17) is 10.2 Å². The maximum atomic E-state index is 9.07. The van der Waals surface area contributed by atoms with Gasteiger partial charge < -0.3 is 10.2 Å². The first-order valence-electron chi connectivity index (χ1n) is 4.05. The van der Waals surface area contributed by atoms with Gasteiger partial charge >= 0.3 is 0 Å². The van der Waals surface area contributed by atoms with Crippen LogP contribution in [0.3, 0.4) is 0 Å². The summed E-state index contributed by atoms with van der Waals surface area (Å²) in [5, 5.41) is 17.6. The predicted octanol–water partition coefficient (Wildman–Crippen LogP) is -0.319. The Bertz CT molecular complexity index is 128. The van der Waals surface area contributed by atoms with E-state index in [1.165, 1.54) is 0 Å². The first kappa shape index (κ1) is 8.97. The van der Waals surface area contributed by atoms with Crippen molar-refractivity contribution >= 4 is 0 Å². The van der Waals surface area contributed by atoms with Crippen LogP contribution in [0, 0.1) is 5.41 Å². The van der Waals surface area contributed by atoms with Crippen molar-refractivity contribution in [3.63, 3.8) is 0 Å². The van der Waals surface area contributed by atoms with E-state index in [2.05, 4.69) is 18.7 Å². The van der Waals surface area contributed by atoms with Gasteiger partial charge in [-0.15, -0.1) is 0 Å². The molecule has 1 fully saturated rings. The molecule has 1 saturated heterocycles. The molecule has 0 aromatic carbocycles. The molecule has 66 valence electrons. The van der Waals surface area contributed by atoms with Gasteiger partial charge in [0, 0.05) is 19.6 Å². The van der Waals surface area contributed by atoms with Gasteiger partial charge in [0.2, 0.25) is 0 Å². The Labute approximate surface area is 67.6 Å². The molecule has 1 heterocycles. The van der Waals surface area contributed by atoms with E-state index in [0.29, 0.717) is 12.0 Å². The van der Waals surface area contributed by atoms with Crippen LogP contribution in [0.25, 0.3) is 0 Å². The van der Waals surface area contributed by atoms with Crippen LogP contribution in [0.2, 0.25) is 0 Å². The summed E-state index contributed by atoms with van der Waals surface area (Å²) < 4.78 is 0. The van der Waals surface area contributed by atoms with Crippen molar-refractivity contribution in [3.05, 3.63) is 0 Å². The highest BCUT2D eigenvalue weighted by Gasteiger charge is 2.34. The third-order valence-electron chi connectivity index (χ3n) is 1.98. The van der Waals surface area contributed by atoms with Crippen LogP contribution in [-0.4, -0.2) is 47.5 Å². The predicted molar refractivity (Wildman–Crippen MR) is 43.3 cm³/mol.